The van der Waals surface area contributed by atoms with Crippen LogP contribution < -0.4 is 5.32 Å². The molecule has 0 aliphatic rings. The number of nitrogens with zero attached hydrogens (tertiary/aromatic N) is 1. The van der Waals surface area contributed by atoms with Gasteiger partial charge >= 0.3 is 5.97 Å². The molecule has 5 nitrogen and oxygen atoms in total. The fourth-order valence-corrected chi connectivity index (χ4v) is 2.36. The minimum Gasteiger partial charge on any atom is -0.477 e. The van der Waals surface area contributed by atoms with Gasteiger partial charge in [-0.25, -0.2) is 9.78 Å². The van der Waals surface area contributed by atoms with Crippen molar-refractivity contribution in [2.24, 2.45) is 0 Å². The third kappa shape index (κ3) is 3.55. The van der Waals surface area contributed by atoms with E-state index in [0.717, 1.165) is 0 Å². The summed E-state index contributed by atoms with van der Waals surface area (Å²) in [5.41, 5.74) is 0.196. The molecule has 0 bridgehead atoms. The summed E-state index contributed by atoms with van der Waals surface area (Å²) >= 11 is 9.10. The molecule has 20 heavy (non-hydrogen) atoms. The van der Waals surface area contributed by atoms with Crippen LogP contribution in [0.5, 0.6) is 0 Å². The number of pyridine rings is 1. The predicted octanol–water partition coefficient (Wildman–Crippen LogP) is 3.45. The lowest BCUT2D eigenvalue weighted by Gasteiger charge is -2.06. The molecule has 0 spiro atoms. The average molecular weight is 356 g/mol. The fourth-order valence-electron chi connectivity index (χ4n) is 1.50. The molecular weight excluding hydrogens is 348 g/mol. The van der Waals surface area contributed by atoms with Crippen LogP contribution in [0.1, 0.15) is 20.8 Å². The summed E-state index contributed by atoms with van der Waals surface area (Å²) in [5, 5.41) is 11.8. The van der Waals surface area contributed by atoms with E-state index in [1.165, 1.54) is 24.3 Å². The molecule has 1 amide bonds. The maximum absolute atomic E-state index is 12.0. The molecule has 0 saturated carbocycles. The van der Waals surface area contributed by atoms with Crippen LogP contribution in [0.4, 0.5) is 5.82 Å². The van der Waals surface area contributed by atoms with Crippen molar-refractivity contribution < 1.29 is 14.7 Å². The first-order valence-electron chi connectivity index (χ1n) is 5.43. The Kier molecular flexibility index (Phi) is 4.36. The van der Waals surface area contributed by atoms with Gasteiger partial charge in [-0.1, -0.05) is 33.6 Å². The topological polar surface area (TPSA) is 79.3 Å². The summed E-state index contributed by atoms with van der Waals surface area (Å²) in [7, 11) is 0. The summed E-state index contributed by atoms with van der Waals surface area (Å²) in [6, 6.07) is 9.10. The highest BCUT2D eigenvalue weighted by Crippen LogP contribution is 2.20. The van der Waals surface area contributed by atoms with Gasteiger partial charge in [0, 0.05) is 15.1 Å². The third-order valence-corrected chi connectivity index (χ3v) is 3.01. The number of aromatic carboxylic acids is 1. The molecule has 0 aliphatic heterocycles. The van der Waals surface area contributed by atoms with Crippen molar-refractivity contribution in [3.8, 4) is 0 Å². The quantitative estimate of drug-likeness (QED) is 0.884. The molecular formula is C13H8BrClN2O3. The van der Waals surface area contributed by atoms with Gasteiger partial charge < -0.3 is 10.4 Å². The molecule has 2 aromatic rings. The first-order chi connectivity index (χ1) is 9.45. The molecule has 0 unspecified atom stereocenters. The Hall–Kier alpha value is -1.92. The largest absolute Gasteiger partial charge is 0.477 e. The van der Waals surface area contributed by atoms with E-state index in [4.69, 9.17) is 16.7 Å². The number of nitrogens with one attached hydrogen (secondary N) is 1. The number of anilines is 1. The number of carbonyl (C=O) groups excluding carboxylic acids is 1. The van der Waals surface area contributed by atoms with E-state index in [-0.39, 0.29) is 11.5 Å². The number of carbonyl (C=O) groups is 2. The Bertz CT molecular complexity index is 671. The second-order valence-corrected chi connectivity index (χ2v) is 5.18. The molecule has 0 atom stereocenters. The Morgan fingerprint density at radius 3 is 2.65 bits per heavy atom. The molecule has 0 saturated heterocycles. The van der Waals surface area contributed by atoms with Crippen LogP contribution in [-0.4, -0.2) is 22.0 Å². The lowest BCUT2D eigenvalue weighted by atomic mass is 10.2. The van der Waals surface area contributed by atoms with Crippen molar-refractivity contribution in [1.82, 2.24) is 4.98 Å². The van der Waals surface area contributed by atoms with Crippen molar-refractivity contribution in [3.63, 3.8) is 0 Å². The third-order valence-electron chi connectivity index (χ3n) is 2.33. The summed E-state index contributed by atoms with van der Waals surface area (Å²) in [6.45, 7) is 0. The van der Waals surface area contributed by atoms with Crippen molar-refractivity contribution in [3.05, 3.63) is 57.2 Å². The molecule has 1 aromatic carbocycles. The van der Waals surface area contributed by atoms with Gasteiger partial charge in [0.2, 0.25) is 0 Å². The van der Waals surface area contributed by atoms with Crippen LogP contribution in [0.2, 0.25) is 5.02 Å². The van der Waals surface area contributed by atoms with E-state index in [1.807, 2.05) is 0 Å². The van der Waals surface area contributed by atoms with Crippen molar-refractivity contribution in [2.45, 2.75) is 0 Å². The molecule has 0 radical (unpaired) electrons. The Balaban J connectivity index is 2.23. The van der Waals surface area contributed by atoms with Crippen molar-refractivity contribution in [1.29, 1.82) is 0 Å². The molecule has 2 rings (SSSR count). The second-order valence-electron chi connectivity index (χ2n) is 3.83. The molecule has 102 valence electrons. The maximum Gasteiger partial charge on any atom is 0.354 e. The Morgan fingerprint density at radius 1 is 1.25 bits per heavy atom. The minimum atomic E-state index is -1.16. The predicted molar refractivity (Wildman–Crippen MR) is 78.3 cm³/mol. The van der Waals surface area contributed by atoms with Crippen molar-refractivity contribution in [2.75, 3.05) is 5.32 Å². The van der Waals surface area contributed by atoms with Gasteiger partial charge in [0.25, 0.3) is 5.91 Å². The van der Waals surface area contributed by atoms with Gasteiger partial charge in [0.15, 0.2) is 5.69 Å². The molecule has 1 aromatic heterocycles. The highest BCUT2D eigenvalue weighted by Gasteiger charge is 2.10. The Labute approximate surface area is 127 Å². The normalized spacial score (nSPS) is 10.1. The van der Waals surface area contributed by atoms with E-state index in [0.29, 0.717) is 15.1 Å². The number of hydrogen-bond acceptors (Lipinski definition) is 3. The van der Waals surface area contributed by atoms with E-state index in [2.05, 4.69) is 26.2 Å². The van der Waals surface area contributed by atoms with Gasteiger partial charge in [0.05, 0.1) is 0 Å². The number of amides is 1. The number of carboxylic acids is 1. The van der Waals surface area contributed by atoms with Gasteiger partial charge in [-0.3, -0.25) is 4.79 Å². The van der Waals surface area contributed by atoms with Crippen LogP contribution in [0, 0.1) is 0 Å². The van der Waals surface area contributed by atoms with Gasteiger partial charge in [-0.2, -0.15) is 0 Å². The standard InChI is InChI=1S/C13H8BrClN2O3/c14-8-4-7(5-9(15)6-8)12(18)17-11-3-1-2-10(16-11)13(19)20/h1-6H,(H,19,20)(H,16,17,18). The number of hydrogen-bond donors (Lipinski definition) is 2. The number of rotatable bonds is 3. The van der Waals surface area contributed by atoms with E-state index < -0.39 is 11.9 Å². The van der Waals surface area contributed by atoms with E-state index in [9.17, 15) is 9.59 Å². The van der Waals surface area contributed by atoms with Crippen molar-refractivity contribution >= 4 is 45.2 Å². The van der Waals surface area contributed by atoms with Gasteiger partial charge in [-0.05, 0) is 30.3 Å². The number of carboxylic acid groups (broad SMARTS) is 1. The Morgan fingerprint density at radius 2 is 2.00 bits per heavy atom. The first-order valence-corrected chi connectivity index (χ1v) is 6.60. The number of benzene rings is 1. The average Bonchev–Trinajstić information content (AvgIpc) is 2.37. The zero-order valence-corrected chi connectivity index (χ0v) is 12.3. The van der Waals surface area contributed by atoms with Crippen LogP contribution in [0.25, 0.3) is 0 Å². The summed E-state index contributed by atoms with van der Waals surface area (Å²) in [5.74, 6) is -1.43. The summed E-state index contributed by atoms with van der Waals surface area (Å²) in [4.78, 5) is 26.6. The second kappa shape index (κ2) is 6.02. The zero-order valence-electron chi connectivity index (χ0n) is 9.93. The molecule has 7 heteroatoms. The monoisotopic (exact) mass is 354 g/mol. The van der Waals surface area contributed by atoms with Crippen LogP contribution in [-0.2, 0) is 0 Å². The summed E-state index contributed by atoms with van der Waals surface area (Å²) < 4.78 is 0.669. The summed E-state index contributed by atoms with van der Waals surface area (Å²) in [6.07, 6.45) is 0. The SMILES string of the molecule is O=C(Nc1cccc(C(=O)O)n1)c1cc(Cl)cc(Br)c1. The number of halogens is 2. The van der Waals surface area contributed by atoms with Crippen LogP contribution >= 0.6 is 27.5 Å². The smallest absolute Gasteiger partial charge is 0.354 e. The highest BCUT2D eigenvalue weighted by atomic mass is 79.9. The van der Waals surface area contributed by atoms with Gasteiger partial charge in [-0.15, -0.1) is 0 Å². The van der Waals surface area contributed by atoms with Gasteiger partial charge in [0.1, 0.15) is 5.82 Å². The molecule has 2 N–H and O–H groups in total. The molecule has 1 heterocycles. The lowest BCUT2D eigenvalue weighted by Crippen LogP contribution is -2.14. The fraction of sp³-hybridized carbons (Fsp3) is 0. The number of aromatic nitrogens is 1. The first kappa shape index (κ1) is 14.5. The van der Waals surface area contributed by atoms with Crippen LogP contribution in [0.3, 0.4) is 0 Å². The molecule has 0 aliphatic carbocycles. The zero-order chi connectivity index (χ0) is 14.7. The van der Waals surface area contributed by atoms with E-state index in [1.54, 1.807) is 12.1 Å². The van der Waals surface area contributed by atoms with E-state index >= 15 is 0 Å². The lowest BCUT2D eigenvalue weighted by molar-refractivity contribution is 0.0690. The molecule has 0 fully saturated rings. The van der Waals surface area contributed by atoms with Crippen LogP contribution in [0.15, 0.2) is 40.9 Å². The minimum absolute atomic E-state index is 0.143. The maximum atomic E-state index is 12.0. The highest BCUT2D eigenvalue weighted by molar-refractivity contribution is 9.10.